The number of halogens is 2. The van der Waals surface area contributed by atoms with Crippen LogP contribution in [0, 0.1) is 5.41 Å². The standard InChI is InChI=1S/C11H12P.C10H15.2ClH.Hf/c1-12(2)11-7-9-5-3-4-6-10(9)8-11;1-7-6-10(4,5)9(3)8(7)2;;;/h3-8H,1-2H3;1-5H3;2*1H;/q;;;;+2/p-2. The van der Waals surface area contributed by atoms with Crippen molar-refractivity contribution >= 4 is 14.0 Å². The molecule has 0 bridgehead atoms. The van der Waals surface area contributed by atoms with Gasteiger partial charge in [0.1, 0.15) is 0 Å². The molecule has 134 valence electrons. The van der Waals surface area contributed by atoms with Crippen LogP contribution in [0.25, 0.3) is 6.08 Å². The van der Waals surface area contributed by atoms with Crippen LogP contribution < -0.4 is 24.8 Å². The topological polar surface area (TPSA) is 0 Å². The molecule has 25 heavy (non-hydrogen) atoms. The van der Waals surface area contributed by atoms with Crippen molar-refractivity contribution in [3.05, 3.63) is 60.8 Å². The van der Waals surface area contributed by atoms with Gasteiger partial charge in [-0.2, -0.15) is 0 Å². The summed E-state index contributed by atoms with van der Waals surface area (Å²) in [7, 11) is -0.00119. The van der Waals surface area contributed by atoms with E-state index in [-0.39, 0.29) is 32.7 Å². The van der Waals surface area contributed by atoms with Crippen molar-refractivity contribution in [2.45, 2.75) is 38.3 Å². The summed E-state index contributed by atoms with van der Waals surface area (Å²) in [6.45, 7) is 16.8. The molecule has 0 aliphatic heterocycles. The molecule has 0 saturated carbocycles. The first-order chi connectivity index (χ1) is 10.7. The molecule has 0 spiro atoms. The van der Waals surface area contributed by atoms with Crippen molar-refractivity contribution in [2.24, 2.45) is 5.41 Å². The Bertz CT molecular complexity index is 757. The van der Waals surface area contributed by atoms with Crippen LogP contribution >= 0.6 is 7.92 Å². The van der Waals surface area contributed by atoms with E-state index >= 15 is 0 Å². The van der Waals surface area contributed by atoms with Gasteiger partial charge in [-0.05, 0) is 0 Å². The number of hydrogen-bond acceptors (Lipinski definition) is 0. The van der Waals surface area contributed by atoms with Crippen molar-refractivity contribution in [3.63, 3.8) is 0 Å². The van der Waals surface area contributed by atoms with Gasteiger partial charge in [0, 0.05) is 0 Å². The Morgan fingerprint density at radius 1 is 0.960 bits per heavy atom. The summed E-state index contributed by atoms with van der Waals surface area (Å²) in [6.07, 6.45) is 2.52. The largest absolute Gasteiger partial charge is 1.00 e. The zero-order chi connectivity index (χ0) is 16.9. The molecule has 3 rings (SSSR count). The van der Waals surface area contributed by atoms with Crippen LogP contribution in [-0.2, 0) is 22.9 Å². The van der Waals surface area contributed by atoms with E-state index in [1.165, 1.54) is 5.56 Å². The van der Waals surface area contributed by atoms with Crippen LogP contribution in [0.4, 0.5) is 0 Å². The van der Waals surface area contributed by atoms with Crippen LogP contribution in [0.2, 0.25) is 0 Å². The molecule has 0 nitrogen and oxygen atoms in total. The fourth-order valence-electron chi connectivity index (χ4n) is 3.87. The average Bonchev–Trinajstić information content (AvgIpc) is 2.94. The Morgan fingerprint density at radius 3 is 2.08 bits per heavy atom. The molecule has 1 aromatic rings. The van der Waals surface area contributed by atoms with Gasteiger partial charge in [-0.3, -0.25) is 0 Å². The first-order valence-electron chi connectivity index (χ1n) is 8.39. The minimum absolute atomic E-state index is 0. The predicted octanol–water partition coefficient (Wildman–Crippen LogP) is 0.564. The molecule has 1 aromatic carbocycles. The summed E-state index contributed by atoms with van der Waals surface area (Å²) in [4.78, 5) is 0. The first-order valence-corrected chi connectivity index (χ1v) is 14.5. The van der Waals surface area contributed by atoms with Crippen molar-refractivity contribution in [1.82, 2.24) is 0 Å². The second kappa shape index (κ2) is 8.55. The van der Waals surface area contributed by atoms with Crippen LogP contribution in [-0.4, -0.2) is 13.3 Å². The SMILES string of the molecule is CC1=C(C)C(C)(C)[C]([Hf+2][CH]2C(P(C)C)=Cc3ccccc32)=C1C.[Cl-].[Cl-]. The van der Waals surface area contributed by atoms with Gasteiger partial charge in [-0.15, -0.1) is 0 Å². The van der Waals surface area contributed by atoms with Gasteiger partial charge >= 0.3 is 155 Å². The molecule has 4 heteroatoms. The van der Waals surface area contributed by atoms with E-state index in [2.05, 4.69) is 78.3 Å². The van der Waals surface area contributed by atoms with Gasteiger partial charge in [-0.1, -0.05) is 0 Å². The second-order valence-electron chi connectivity index (χ2n) is 7.54. The number of hydrogen-bond donors (Lipinski definition) is 0. The average molecular weight is 560 g/mol. The third-order valence-corrected chi connectivity index (χ3v) is 16.0. The van der Waals surface area contributed by atoms with Gasteiger partial charge in [-0.25, -0.2) is 0 Å². The third-order valence-electron chi connectivity index (χ3n) is 5.77. The van der Waals surface area contributed by atoms with Crippen molar-refractivity contribution in [3.8, 4) is 0 Å². The summed E-state index contributed by atoms with van der Waals surface area (Å²) in [5.41, 5.74) is 8.20. The molecule has 1 unspecified atom stereocenters. The molecule has 0 amide bonds. The molecule has 0 saturated heterocycles. The maximum Gasteiger partial charge on any atom is -1.00 e. The predicted molar refractivity (Wildman–Crippen MR) is 101 cm³/mol. The van der Waals surface area contributed by atoms with Crippen LogP contribution in [0.15, 0.2) is 49.6 Å². The Balaban J connectivity index is 0.00000156. The summed E-state index contributed by atoms with van der Waals surface area (Å²) in [6, 6.07) is 9.12. The fourth-order valence-corrected chi connectivity index (χ4v) is 15.0. The Kier molecular flexibility index (Phi) is 7.99. The van der Waals surface area contributed by atoms with E-state index in [1.807, 2.05) is 3.33 Å². The van der Waals surface area contributed by atoms with Gasteiger partial charge in [0.05, 0.1) is 0 Å². The monoisotopic (exact) mass is 560 g/mol. The third kappa shape index (κ3) is 3.96. The zero-order valence-corrected chi connectivity index (χ0v) is 22.2. The molecule has 0 radical (unpaired) electrons. The van der Waals surface area contributed by atoms with Gasteiger partial charge < -0.3 is 24.8 Å². The van der Waals surface area contributed by atoms with Gasteiger partial charge in [0.2, 0.25) is 0 Å². The summed E-state index contributed by atoms with van der Waals surface area (Å²) in [5, 5.41) is 1.75. The summed E-state index contributed by atoms with van der Waals surface area (Å²) in [5.74, 6) is 0. The van der Waals surface area contributed by atoms with Gasteiger partial charge in [0.25, 0.3) is 0 Å². The van der Waals surface area contributed by atoms with Crippen molar-refractivity contribution in [1.29, 1.82) is 0 Å². The Morgan fingerprint density at radius 2 is 1.56 bits per heavy atom. The number of allylic oxidation sites excluding steroid dienone is 5. The molecule has 0 aromatic heterocycles. The fraction of sp³-hybridized carbons (Fsp3) is 0.429. The van der Waals surface area contributed by atoms with E-state index in [1.54, 1.807) is 27.6 Å². The molecular formula is C21H27Cl2HfP. The van der Waals surface area contributed by atoms with E-state index in [0.717, 1.165) is 3.67 Å². The Labute approximate surface area is 178 Å². The number of rotatable bonds is 3. The van der Waals surface area contributed by atoms with Crippen molar-refractivity contribution < 1.29 is 47.7 Å². The molecule has 0 N–H and O–H groups in total. The normalized spacial score (nSPS) is 20.8. The van der Waals surface area contributed by atoms with Crippen LogP contribution in [0.3, 0.4) is 0 Å². The molecule has 0 heterocycles. The van der Waals surface area contributed by atoms with E-state index in [4.69, 9.17) is 0 Å². The molecule has 1 atom stereocenters. The second-order valence-corrected chi connectivity index (χ2v) is 14.8. The van der Waals surface area contributed by atoms with E-state index in [0.29, 0.717) is 5.41 Å². The quantitative estimate of drug-likeness (QED) is 0.375. The van der Waals surface area contributed by atoms with E-state index < -0.39 is 22.9 Å². The number of benzene rings is 1. The smallest absolute Gasteiger partial charge is 1.00 e. The van der Waals surface area contributed by atoms with Gasteiger partial charge in [0.15, 0.2) is 0 Å². The maximum absolute atomic E-state index is 2.52. The number of fused-ring (bicyclic) bond motifs is 1. The van der Waals surface area contributed by atoms with E-state index in [9.17, 15) is 0 Å². The minimum atomic E-state index is -0.981. The molecule has 2 aliphatic carbocycles. The van der Waals surface area contributed by atoms with Crippen LogP contribution in [0.5, 0.6) is 0 Å². The minimum Gasteiger partial charge on any atom is -1.00 e. The first kappa shape index (κ1) is 23.4. The molecule has 0 fully saturated rings. The Hall–Kier alpha value is 0.320. The van der Waals surface area contributed by atoms with Crippen molar-refractivity contribution in [2.75, 3.05) is 13.3 Å². The zero-order valence-electron chi connectivity index (χ0n) is 16.2. The van der Waals surface area contributed by atoms with Crippen LogP contribution in [0.1, 0.15) is 49.4 Å². The molecular weight excluding hydrogens is 533 g/mol. The summed E-state index contributed by atoms with van der Waals surface area (Å²) < 4.78 is 2.62. The molecule has 2 aliphatic rings. The summed E-state index contributed by atoms with van der Waals surface area (Å²) >= 11 is -0.981. The maximum atomic E-state index is 2.52.